The molecular formula is C14H11N3O4. The van der Waals surface area contributed by atoms with Gasteiger partial charge in [0.1, 0.15) is 11.6 Å². The lowest BCUT2D eigenvalue weighted by atomic mass is 10.0. The highest BCUT2D eigenvalue weighted by atomic mass is 16.5. The van der Waals surface area contributed by atoms with Crippen molar-refractivity contribution < 1.29 is 19.5 Å². The lowest BCUT2D eigenvalue weighted by Gasteiger charge is -2.11. The van der Waals surface area contributed by atoms with Crippen LogP contribution in [0.4, 0.5) is 0 Å². The molecule has 0 bridgehead atoms. The molecule has 1 N–H and O–H groups in total. The molecule has 0 saturated carbocycles. The van der Waals surface area contributed by atoms with E-state index < -0.39 is 11.9 Å². The number of carbonyl (C=O) groups excluding carboxylic acids is 2. The first-order valence-corrected chi connectivity index (χ1v) is 5.92. The van der Waals surface area contributed by atoms with Gasteiger partial charge in [0.2, 0.25) is 5.91 Å². The van der Waals surface area contributed by atoms with E-state index >= 15 is 0 Å². The summed E-state index contributed by atoms with van der Waals surface area (Å²) in [7, 11) is 1.18. The molecule has 1 heterocycles. The van der Waals surface area contributed by atoms with Crippen LogP contribution in [0.5, 0.6) is 0 Å². The van der Waals surface area contributed by atoms with Crippen molar-refractivity contribution in [3.8, 4) is 6.07 Å². The monoisotopic (exact) mass is 285 g/mol. The van der Waals surface area contributed by atoms with E-state index in [1.807, 2.05) is 0 Å². The van der Waals surface area contributed by atoms with Gasteiger partial charge in [-0.2, -0.15) is 15.0 Å². The number of carbonyl (C=O) groups is 2. The Bertz CT molecular complexity index is 859. The van der Waals surface area contributed by atoms with Gasteiger partial charge in [-0.25, -0.2) is 4.79 Å². The maximum atomic E-state index is 12.0. The van der Waals surface area contributed by atoms with Crippen LogP contribution in [0.25, 0.3) is 10.9 Å². The van der Waals surface area contributed by atoms with Crippen molar-refractivity contribution in [1.29, 1.82) is 5.26 Å². The van der Waals surface area contributed by atoms with Gasteiger partial charge in [-0.3, -0.25) is 4.79 Å². The summed E-state index contributed by atoms with van der Waals surface area (Å²) in [6.07, 6.45) is 0. The number of hydrogen-bond acceptors (Lipinski definition) is 5. The van der Waals surface area contributed by atoms with Gasteiger partial charge >= 0.3 is 5.97 Å². The number of fused-ring (bicyclic) bond motifs is 1. The Balaban J connectivity index is 3.13. The summed E-state index contributed by atoms with van der Waals surface area (Å²) in [5.74, 6) is -1.36. The number of ether oxygens (including phenoxy) is 1. The summed E-state index contributed by atoms with van der Waals surface area (Å²) in [6.45, 7) is 1.17. The lowest BCUT2D eigenvalue weighted by Crippen LogP contribution is -2.27. The number of nitrogens with zero attached hydrogens (tertiary/aromatic N) is 3. The number of rotatable bonds is 1. The molecule has 0 aliphatic carbocycles. The highest BCUT2D eigenvalue weighted by Gasteiger charge is 2.21. The normalized spacial score (nSPS) is 11.2. The van der Waals surface area contributed by atoms with Gasteiger partial charge in [0.15, 0.2) is 5.49 Å². The van der Waals surface area contributed by atoms with Crippen molar-refractivity contribution in [3.63, 3.8) is 0 Å². The Morgan fingerprint density at radius 3 is 2.62 bits per heavy atom. The number of para-hydroxylation sites is 1. The number of pyridine rings is 1. The number of hydrogen-bond donors (Lipinski definition) is 1. The lowest BCUT2D eigenvalue weighted by molar-refractivity contribution is -0.116. The van der Waals surface area contributed by atoms with Gasteiger partial charge in [-0.05, 0) is 6.07 Å². The van der Waals surface area contributed by atoms with E-state index in [1.165, 1.54) is 20.1 Å². The molecule has 0 aliphatic heterocycles. The minimum atomic E-state index is -0.747. The molecule has 0 unspecified atom stereocenters. The van der Waals surface area contributed by atoms with Gasteiger partial charge in [0.05, 0.1) is 18.2 Å². The Kier molecular flexibility index (Phi) is 3.71. The Morgan fingerprint density at radius 1 is 1.38 bits per heavy atom. The van der Waals surface area contributed by atoms with Crippen LogP contribution in [0.3, 0.4) is 0 Å². The maximum Gasteiger partial charge on any atom is 0.340 e. The van der Waals surface area contributed by atoms with Crippen LogP contribution in [-0.4, -0.2) is 28.9 Å². The first kappa shape index (κ1) is 14.3. The van der Waals surface area contributed by atoms with E-state index in [0.717, 1.165) is 0 Å². The van der Waals surface area contributed by atoms with Crippen LogP contribution in [-0.2, 0) is 9.53 Å². The summed E-state index contributed by atoms with van der Waals surface area (Å²) in [5.41, 5.74) is -0.333. The Morgan fingerprint density at radius 2 is 2.05 bits per heavy atom. The third-order valence-corrected chi connectivity index (χ3v) is 2.84. The average Bonchev–Trinajstić information content (AvgIpc) is 2.48. The SMILES string of the molecule is COC(=O)c1c(C#N)c(=NC(C)=O)n(O)c2ccccc12. The van der Waals surface area contributed by atoms with Crippen molar-refractivity contribution in [2.75, 3.05) is 7.11 Å². The topological polar surface area (TPSA) is 105 Å². The fraction of sp³-hybridized carbons (Fsp3) is 0.143. The molecule has 0 aliphatic rings. The molecule has 0 saturated heterocycles. The fourth-order valence-electron chi connectivity index (χ4n) is 2.01. The Labute approximate surface area is 119 Å². The molecular weight excluding hydrogens is 274 g/mol. The van der Waals surface area contributed by atoms with Gasteiger partial charge in [0, 0.05) is 12.3 Å². The summed E-state index contributed by atoms with van der Waals surface area (Å²) in [4.78, 5) is 26.8. The second kappa shape index (κ2) is 5.46. The fourth-order valence-corrected chi connectivity index (χ4v) is 2.01. The van der Waals surface area contributed by atoms with Gasteiger partial charge in [-0.1, -0.05) is 18.2 Å². The quantitative estimate of drug-likeness (QED) is 0.621. The molecule has 2 aromatic rings. The molecule has 0 spiro atoms. The summed E-state index contributed by atoms with van der Waals surface area (Å²) in [5, 5.41) is 19.8. The number of amides is 1. The second-order valence-corrected chi connectivity index (χ2v) is 4.14. The molecule has 7 heteroatoms. The van der Waals surface area contributed by atoms with Crippen LogP contribution in [0.1, 0.15) is 22.8 Å². The second-order valence-electron chi connectivity index (χ2n) is 4.14. The van der Waals surface area contributed by atoms with E-state index in [-0.39, 0.29) is 22.1 Å². The molecule has 1 amide bonds. The largest absolute Gasteiger partial charge is 0.465 e. The molecule has 2 rings (SSSR count). The summed E-state index contributed by atoms with van der Waals surface area (Å²) in [6, 6.07) is 8.17. The van der Waals surface area contributed by atoms with Crippen molar-refractivity contribution in [2.24, 2.45) is 4.99 Å². The highest BCUT2D eigenvalue weighted by Crippen LogP contribution is 2.20. The van der Waals surface area contributed by atoms with E-state index in [4.69, 9.17) is 0 Å². The van der Waals surface area contributed by atoms with E-state index in [2.05, 4.69) is 9.73 Å². The molecule has 0 fully saturated rings. The zero-order chi connectivity index (χ0) is 15.6. The smallest absolute Gasteiger partial charge is 0.340 e. The van der Waals surface area contributed by atoms with E-state index in [1.54, 1.807) is 24.3 Å². The standard InChI is InChI=1S/C14H11N3O4/c1-8(18)16-13-10(7-15)12(14(19)21-2)9-5-3-4-6-11(9)17(13)20/h3-6,20H,1-2H3. The number of benzene rings is 1. The molecule has 1 aromatic carbocycles. The molecule has 0 atom stereocenters. The molecule has 1 aromatic heterocycles. The van der Waals surface area contributed by atoms with Crippen LogP contribution in [0.15, 0.2) is 29.3 Å². The summed E-state index contributed by atoms with van der Waals surface area (Å²) < 4.78 is 5.29. The molecule has 21 heavy (non-hydrogen) atoms. The van der Waals surface area contributed by atoms with Crippen molar-refractivity contribution >= 4 is 22.8 Å². The van der Waals surface area contributed by atoms with Crippen molar-refractivity contribution in [3.05, 3.63) is 40.9 Å². The van der Waals surface area contributed by atoms with Crippen molar-refractivity contribution in [2.45, 2.75) is 6.92 Å². The zero-order valence-electron chi connectivity index (χ0n) is 11.3. The molecule has 0 radical (unpaired) electrons. The number of esters is 1. The number of nitriles is 1. The van der Waals surface area contributed by atoms with E-state index in [0.29, 0.717) is 10.1 Å². The first-order chi connectivity index (χ1) is 10.0. The predicted molar refractivity (Wildman–Crippen MR) is 71.4 cm³/mol. The minimum Gasteiger partial charge on any atom is -0.465 e. The maximum absolute atomic E-state index is 12.0. The van der Waals surface area contributed by atoms with Gasteiger partial charge in [-0.15, -0.1) is 0 Å². The molecule has 106 valence electrons. The predicted octanol–water partition coefficient (Wildman–Crippen LogP) is 0.984. The number of methoxy groups -OCH3 is 1. The van der Waals surface area contributed by atoms with Crippen LogP contribution in [0, 0.1) is 11.3 Å². The average molecular weight is 285 g/mol. The Hall–Kier alpha value is -3.14. The number of aromatic nitrogens is 1. The van der Waals surface area contributed by atoms with Gasteiger partial charge in [0.25, 0.3) is 0 Å². The first-order valence-electron chi connectivity index (χ1n) is 5.92. The minimum absolute atomic E-state index is 0.0408. The van der Waals surface area contributed by atoms with Crippen LogP contribution >= 0.6 is 0 Å². The third kappa shape index (κ3) is 2.34. The van der Waals surface area contributed by atoms with Crippen LogP contribution < -0.4 is 5.49 Å². The van der Waals surface area contributed by atoms with Crippen LogP contribution in [0.2, 0.25) is 0 Å². The summed E-state index contributed by atoms with van der Waals surface area (Å²) >= 11 is 0. The van der Waals surface area contributed by atoms with E-state index in [9.17, 15) is 20.1 Å². The zero-order valence-corrected chi connectivity index (χ0v) is 11.3. The molecule has 7 nitrogen and oxygen atoms in total. The highest BCUT2D eigenvalue weighted by molar-refractivity contribution is 6.05. The van der Waals surface area contributed by atoms with Crippen molar-refractivity contribution in [1.82, 2.24) is 4.73 Å². The van der Waals surface area contributed by atoms with Gasteiger partial charge < -0.3 is 9.94 Å². The third-order valence-electron chi connectivity index (χ3n) is 2.84.